The van der Waals surface area contributed by atoms with Crippen LogP contribution in [0.4, 0.5) is 0 Å². The van der Waals surface area contributed by atoms with Crippen molar-refractivity contribution in [3.8, 4) is 11.5 Å². The van der Waals surface area contributed by atoms with E-state index in [2.05, 4.69) is 0 Å². The van der Waals surface area contributed by atoms with Gasteiger partial charge in [-0.25, -0.2) is 4.98 Å². The topological polar surface area (TPSA) is 57.4 Å². The summed E-state index contributed by atoms with van der Waals surface area (Å²) in [5.41, 5.74) is 7.21. The van der Waals surface area contributed by atoms with Gasteiger partial charge in [-0.05, 0) is 31.4 Å². The fraction of sp³-hybridized carbons (Fsp3) is 0.400. The second kappa shape index (κ2) is 4.75. The lowest BCUT2D eigenvalue weighted by atomic mass is 9.99. The van der Waals surface area contributed by atoms with E-state index < -0.39 is 0 Å². The van der Waals surface area contributed by atoms with E-state index in [-0.39, 0.29) is 12.1 Å². The number of hydrogen-bond acceptors (Lipinski definition) is 5. The van der Waals surface area contributed by atoms with Gasteiger partial charge >= 0.3 is 0 Å². The highest BCUT2D eigenvalue weighted by atomic mass is 32.1. The van der Waals surface area contributed by atoms with Crippen LogP contribution in [0.25, 0.3) is 0 Å². The molecular formula is C15H16N2O2S. The number of ether oxygens (including phenoxy) is 2. The van der Waals surface area contributed by atoms with Gasteiger partial charge in [0.15, 0.2) is 17.6 Å². The van der Waals surface area contributed by atoms with Crippen LogP contribution in [0.1, 0.15) is 40.6 Å². The largest absolute Gasteiger partial charge is 0.485 e. The van der Waals surface area contributed by atoms with Gasteiger partial charge in [0.2, 0.25) is 0 Å². The molecule has 0 saturated heterocycles. The molecule has 1 aliphatic carbocycles. The SMILES string of the molecule is NC1CCCc2sc(C3COc4ccccc4O3)nc21. The summed E-state index contributed by atoms with van der Waals surface area (Å²) in [7, 11) is 0. The molecule has 0 saturated carbocycles. The maximum atomic E-state index is 6.14. The van der Waals surface area contributed by atoms with Crippen LogP contribution < -0.4 is 15.2 Å². The number of fused-ring (bicyclic) bond motifs is 2. The van der Waals surface area contributed by atoms with Crippen molar-refractivity contribution in [2.24, 2.45) is 5.73 Å². The molecule has 2 unspecified atom stereocenters. The summed E-state index contributed by atoms with van der Waals surface area (Å²) >= 11 is 1.72. The van der Waals surface area contributed by atoms with Crippen LogP contribution in [-0.4, -0.2) is 11.6 Å². The van der Waals surface area contributed by atoms with E-state index in [0.29, 0.717) is 6.61 Å². The van der Waals surface area contributed by atoms with Crippen LogP contribution in [0.3, 0.4) is 0 Å². The predicted octanol–water partition coefficient (Wildman–Crippen LogP) is 2.99. The number of hydrogen-bond donors (Lipinski definition) is 1. The van der Waals surface area contributed by atoms with Crippen LogP contribution in [-0.2, 0) is 6.42 Å². The fourth-order valence-corrected chi connectivity index (χ4v) is 3.94. The van der Waals surface area contributed by atoms with Crippen molar-refractivity contribution in [1.82, 2.24) is 4.98 Å². The Hall–Kier alpha value is -1.59. The van der Waals surface area contributed by atoms with Crippen LogP contribution in [0, 0.1) is 0 Å². The molecule has 0 spiro atoms. The van der Waals surface area contributed by atoms with E-state index in [9.17, 15) is 0 Å². The maximum absolute atomic E-state index is 6.14. The third-order valence-electron chi connectivity index (χ3n) is 3.80. The molecule has 4 rings (SSSR count). The minimum atomic E-state index is -0.118. The molecule has 1 aromatic carbocycles. The third-order valence-corrected chi connectivity index (χ3v) is 5.02. The third kappa shape index (κ3) is 1.98. The number of nitrogens with two attached hydrogens (primary N) is 1. The first-order valence-corrected chi connectivity index (χ1v) is 7.76. The summed E-state index contributed by atoms with van der Waals surface area (Å²) in [5.74, 6) is 1.60. The van der Waals surface area contributed by atoms with Crippen molar-refractivity contribution in [3.63, 3.8) is 0 Å². The van der Waals surface area contributed by atoms with Crippen molar-refractivity contribution >= 4 is 11.3 Å². The first-order chi connectivity index (χ1) is 9.81. The maximum Gasteiger partial charge on any atom is 0.184 e. The van der Waals surface area contributed by atoms with E-state index in [1.807, 2.05) is 24.3 Å². The number of nitrogens with zero attached hydrogens (tertiary/aromatic N) is 1. The normalized spacial score (nSPS) is 24.2. The first-order valence-electron chi connectivity index (χ1n) is 6.95. The molecule has 1 aliphatic heterocycles. The Morgan fingerprint density at radius 3 is 2.95 bits per heavy atom. The highest BCUT2D eigenvalue weighted by Crippen LogP contribution is 2.39. The molecule has 2 atom stereocenters. The molecular weight excluding hydrogens is 272 g/mol. The first kappa shape index (κ1) is 12.2. The average Bonchev–Trinajstić information content (AvgIpc) is 2.92. The van der Waals surface area contributed by atoms with Crippen LogP contribution in [0.15, 0.2) is 24.3 Å². The van der Waals surface area contributed by atoms with Gasteiger partial charge in [0.25, 0.3) is 0 Å². The quantitative estimate of drug-likeness (QED) is 0.876. The molecule has 5 heteroatoms. The van der Waals surface area contributed by atoms with Crippen molar-refractivity contribution < 1.29 is 9.47 Å². The van der Waals surface area contributed by atoms with Gasteiger partial charge in [-0.3, -0.25) is 0 Å². The van der Waals surface area contributed by atoms with Crippen molar-refractivity contribution in [3.05, 3.63) is 39.8 Å². The minimum absolute atomic E-state index is 0.0838. The summed E-state index contributed by atoms with van der Waals surface area (Å²) in [5, 5.41) is 0.988. The van der Waals surface area contributed by atoms with Gasteiger partial charge in [0.05, 0.1) is 5.69 Å². The zero-order chi connectivity index (χ0) is 13.5. The van der Waals surface area contributed by atoms with Gasteiger partial charge in [0.1, 0.15) is 11.6 Å². The Kier molecular flexibility index (Phi) is 2.89. The molecule has 1 aromatic heterocycles. The van der Waals surface area contributed by atoms with Gasteiger partial charge in [-0.1, -0.05) is 12.1 Å². The van der Waals surface area contributed by atoms with Crippen LogP contribution in [0.2, 0.25) is 0 Å². The predicted molar refractivity (Wildman–Crippen MR) is 77.3 cm³/mol. The Bertz CT molecular complexity index is 641. The van der Waals surface area contributed by atoms with Gasteiger partial charge in [0, 0.05) is 10.9 Å². The van der Waals surface area contributed by atoms with Gasteiger partial charge < -0.3 is 15.2 Å². The van der Waals surface area contributed by atoms with Crippen LogP contribution in [0.5, 0.6) is 11.5 Å². The van der Waals surface area contributed by atoms with Crippen molar-refractivity contribution in [1.29, 1.82) is 0 Å². The zero-order valence-corrected chi connectivity index (χ0v) is 11.9. The zero-order valence-electron chi connectivity index (χ0n) is 11.0. The highest BCUT2D eigenvalue weighted by molar-refractivity contribution is 7.11. The minimum Gasteiger partial charge on any atom is -0.485 e. The highest BCUT2D eigenvalue weighted by Gasteiger charge is 2.29. The number of aryl methyl sites for hydroxylation is 1. The summed E-state index contributed by atoms with van der Waals surface area (Å²) in [6.07, 6.45) is 3.15. The molecule has 0 bridgehead atoms. The Labute approximate surface area is 121 Å². The number of para-hydroxylation sites is 2. The Morgan fingerprint density at radius 1 is 1.25 bits per heavy atom. The molecule has 2 aromatic rings. The molecule has 104 valence electrons. The smallest absolute Gasteiger partial charge is 0.184 e. The standard InChI is InChI=1S/C15H16N2O2S/c16-9-4-3-7-13-14(9)17-15(20-13)12-8-18-10-5-1-2-6-11(10)19-12/h1-2,5-6,9,12H,3-4,7-8,16H2. The lowest BCUT2D eigenvalue weighted by Crippen LogP contribution is -2.22. The lowest BCUT2D eigenvalue weighted by molar-refractivity contribution is 0.0909. The van der Waals surface area contributed by atoms with Crippen molar-refractivity contribution in [2.75, 3.05) is 6.61 Å². The Balaban J connectivity index is 1.63. The molecule has 2 heterocycles. The van der Waals surface area contributed by atoms with E-state index in [1.165, 1.54) is 4.88 Å². The summed E-state index contributed by atoms with van der Waals surface area (Å²) in [4.78, 5) is 6.04. The average molecular weight is 288 g/mol. The molecule has 0 fully saturated rings. The fourth-order valence-electron chi connectivity index (χ4n) is 2.75. The summed E-state index contributed by atoms with van der Waals surface area (Å²) < 4.78 is 11.8. The molecule has 4 nitrogen and oxygen atoms in total. The number of benzene rings is 1. The van der Waals surface area contributed by atoms with Crippen molar-refractivity contribution in [2.45, 2.75) is 31.4 Å². The van der Waals surface area contributed by atoms with E-state index >= 15 is 0 Å². The molecule has 2 aliphatic rings. The molecule has 2 N–H and O–H groups in total. The number of rotatable bonds is 1. The number of thiazole rings is 1. The lowest BCUT2D eigenvalue weighted by Gasteiger charge is -2.24. The summed E-state index contributed by atoms with van der Waals surface area (Å²) in [6.45, 7) is 0.513. The Morgan fingerprint density at radius 2 is 2.10 bits per heavy atom. The second-order valence-electron chi connectivity index (χ2n) is 5.22. The molecule has 0 radical (unpaired) electrons. The second-order valence-corrected chi connectivity index (χ2v) is 6.34. The van der Waals surface area contributed by atoms with E-state index in [0.717, 1.165) is 41.5 Å². The van der Waals surface area contributed by atoms with E-state index in [1.54, 1.807) is 11.3 Å². The number of aromatic nitrogens is 1. The summed E-state index contributed by atoms with van der Waals surface area (Å²) in [6, 6.07) is 7.84. The molecule has 0 amide bonds. The monoisotopic (exact) mass is 288 g/mol. The van der Waals surface area contributed by atoms with Crippen LogP contribution >= 0.6 is 11.3 Å². The van der Waals surface area contributed by atoms with E-state index in [4.69, 9.17) is 20.2 Å². The molecule has 20 heavy (non-hydrogen) atoms. The van der Waals surface area contributed by atoms with Gasteiger partial charge in [-0.2, -0.15) is 0 Å². The van der Waals surface area contributed by atoms with Gasteiger partial charge in [-0.15, -0.1) is 11.3 Å².